The van der Waals surface area contributed by atoms with E-state index in [1.807, 2.05) is 0 Å². The molecular formula is C15H15N3O4S. The van der Waals surface area contributed by atoms with Gasteiger partial charge in [0.2, 0.25) is 5.91 Å². The molecule has 0 bridgehead atoms. The summed E-state index contributed by atoms with van der Waals surface area (Å²) in [4.78, 5) is 22.2. The Hall–Kier alpha value is -2.61. The molecule has 0 aliphatic carbocycles. The van der Waals surface area contributed by atoms with E-state index in [1.165, 1.54) is 18.3 Å². The molecule has 8 heteroatoms. The lowest BCUT2D eigenvalue weighted by molar-refractivity contribution is -0.645. The predicted molar refractivity (Wildman–Crippen MR) is 85.8 cm³/mol. The lowest BCUT2D eigenvalue weighted by Crippen LogP contribution is -2.31. The summed E-state index contributed by atoms with van der Waals surface area (Å²) in [7, 11) is 0. The lowest BCUT2D eigenvalue weighted by Gasteiger charge is -2.14. The van der Waals surface area contributed by atoms with E-state index in [0.717, 1.165) is 11.8 Å². The second kappa shape index (κ2) is 7.59. The fourth-order valence-corrected chi connectivity index (χ4v) is 2.66. The van der Waals surface area contributed by atoms with Gasteiger partial charge in [-0.05, 0) is 30.3 Å². The van der Waals surface area contributed by atoms with E-state index >= 15 is 0 Å². The monoisotopic (exact) mass is 333 g/mol. The summed E-state index contributed by atoms with van der Waals surface area (Å²) in [5.74, 6) is -0.163. The Morgan fingerprint density at radius 3 is 2.83 bits per heavy atom. The molecule has 0 radical (unpaired) electrons. The number of non-ortho nitro benzene ring substituents is 1. The van der Waals surface area contributed by atoms with Crippen molar-refractivity contribution in [1.82, 2.24) is 5.32 Å². The first-order chi connectivity index (χ1) is 11.0. The Balaban J connectivity index is 1.93. The SMILES string of the molecule is C[C@H](NC(=O)CSc1cccc[n+]1[O-])c1cccc([N+](=O)[O-])c1. The second-order valence-electron chi connectivity index (χ2n) is 4.79. The van der Waals surface area contributed by atoms with Gasteiger partial charge in [-0.1, -0.05) is 12.1 Å². The van der Waals surface area contributed by atoms with Crippen LogP contribution in [0.5, 0.6) is 0 Å². The van der Waals surface area contributed by atoms with Crippen LogP contribution in [0, 0.1) is 15.3 Å². The smallest absolute Gasteiger partial charge is 0.269 e. The molecule has 1 N–H and O–H groups in total. The Bertz CT molecular complexity index is 723. The summed E-state index contributed by atoms with van der Waals surface area (Å²) in [6.45, 7) is 1.75. The maximum Gasteiger partial charge on any atom is 0.269 e. The molecule has 0 aliphatic rings. The van der Waals surface area contributed by atoms with E-state index in [2.05, 4.69) is 5.32 Å². The average molecular weight is 333 g/mol. The average Bonchev–Trinajstić information content (AvgIpc) is 2.54. The number of nitrogens with zero attached hydrogens (tertiary/aromatic N) is 2. The standard InChI is InChI=1S/C15H15N3O4S/c1-11(12-5-4-6-13(9-12)18(21)22)16-14(19)10-23-15-7-2-3-8-17(15)20/h2-9,11H,10H2,1H3,(H,16,19)/t11-/m0/s1. The summed E-state index contributed by atoms with van der Waals surface area (Å²) in [6.07, 6.45) is 1.37. The molecule has 2 rings (SSSR count). The van der Waals surface area contributed by atoms with Gasteiger partial charge >= 0.3 is 0 Å². The van der Waals surface area contributed by atoms with Crippen LogP contribution in [0.15, 0.2) is 53.7 Å². The number of pyridine rings is 1. The molecule has 1 aromatic heterocycles. The van der Waals surface area contributed by atoms with Gasteiger partial charge in [0.05, 0.1) is 16.7 Å². The summed E-state index contributed by atoms with van der Waals surface area (Å²) in [5.41, 5.74) is 0.630. The van der Waals surface area contributed by atoms with Gasteiger partial charge in [0.1, 0.15) is 0 Å². The highest BCUT2D eigenvalue weighted by molar-refractivity contribution is 7.99. The molecule has 1 atom stereocenters. The molecule has 0 fully saturated rings. The Morgan fingerprint density at radius 1 is 1.35 bits per heavy atom. The largest absolute Gasteiger partial charge is 0.618 e. The quantitative estimate of drug-likeness (QED) is 0.287. The van der Waals surface area contributed by atoms with Crippen molar-refractivity contribution >= 4 is 23.4 Å². The van der Waals surface area contributed by atoms with E-state index in [1.54, 1.807) is 37.3 Å². The van der Waals surface area contributed by atoms with Crippen molar-refractivity contribution in [1.29, 1.82) is 0 Å². The number of benzene rings is 1. The molecule has 7 nitrogen and oxygen atoms in total. The van der Waals surface area contributed by atoms with Crippen LogP contribution in [-0.4, -0.2) is 16.6 Å². The first-order valence-electron chi connectivity index (χ1n) is 6.82. The minimum Gasteiger partial charge on any atom is -0.618 e. The summed E-state index contributed by atoms with van der Waals surface area (Å²) >= 11 is 1.13. The highest BCUT2D eigenvalue weighted by Gasteiger charge is 2.14. The second-order valence-corrected chi connectivity index (χ2v) is 5.79. The molecule has 1 heterocycles. The van der Waals surface area contributed by atoms with Crippen LogP contribution in [0.1, 0.15) is 18.5 Å². The Kier molecular flexibility index (Phi) is 5.53. The van der Waals surface area contributed by atoms with E-state index < -0.39 is 4.92 Å². The van der Waals surface area contributed by atoms with Gasteiger partial charge in [-0.2, -0.15) is 4.73 Å². The topological polar surface area (TPSA) is 99.2 Å². The van der Waals surface area contributed by atoms with Gasteiger partial charge in [-0.15, -0.1) is 0 Å². The third-order valence-electron chi connectivity index (χ3n) is 3.10. The summed E-state index contributed by atoms with van der Waals surface area (Å²) in [6, 6.07) is 10.7. The minimum atomic E-state index is -0.476. The number of nitro groups is 1. The van der Waals surface area contributed by atoms with E-state index in [-0.39, 0.29) is 23.4 Å². The zero-order chi connectivity index (χ0) is 16.8. The summed E-state index contributed by atoms with van der Waals surface area (Å²) in [5, 5.41) is 25.4. The first kappa shape index (κ1) is 16.8. The number of aromatic nitrogens is 1. The number of amides is 1. The third kappa shape index (κ3) is 4.68. The van der Waals surface area contributed by atoms with Crippen LogP contribution in [0.4, 0.5) is 5.69 Å². The van der Waals surface area contributed by atoms with Crippen molar-refractivity contribution in [3.63, 3.8) is 0 Å². The van der Waals surface area contributed by atoms with Crippen molar-refractivity contribution in [2.24, 2.45) is 0 Å². The number of hydrogen-bond donors (Lipinski definition) is 1. The maximum absolute atomic E-state index is 12.0. The van der Waals surface area contributed by atoms with Crippen LogP contribution < -0.4 is 10.0 Å². The Labute approximate surface area is 137 Å². The van der Waals surface area contributed by atoms with Gasteiger partial charge in [0, 0.05) is 24.3 Å². The third-order valence-corrected chi connectivity index (χ3v) is 4.12. The van der Waals surface area contributed by atoms with E-state index in [0.29, 0.717) is 15.3 Å². The number of nitro benzene ring substituents is 1. The van der Waals surface area contributed by atoms with Crippen LogP contribution in [0.2, 0.25) is 0 Å². The molecule has 1 amide bonds. The zero-order valence-electron chi connectivity index (χ0n) is 12.3. The van der Waals surface area contributed by atoms with Crippen LogP contribution >= 0.6 is 11.8 Å². The van der Waals surface area contributed by atoms with Crippen LogP contribution in [0.25, 0.3) is 0 Å². The van der Waals surface area contributed by atoms with Crippen molar-refractivity contribution in [3.05, 3.63) is 69.5 Å². The number of thioether (sulfide) groups is 1. The summed E-state index contributed by atoms with van der Waals surface area (Å²) < 4.78 is 0.696. The van der Waals surface area contributed by atoms with Gasteiger partial charge in [0.15, 0.2) is 6.20 Å². The highest BCUT2D eigenvalue weighted by atomic mass is 32.2. The first-order valence-corrected chi connectivity index (χ1v) is 7.80. The molecule has 1 aromatic carbocycles. The molecule has 0 saturated heterocycles. The Morgan fingerprint density at radius 2 is 2.13 bits per heavy atom. The molecule has 0 spiro atoms. The molecule has 2 aromatic rings. The van der Waals surface area contributed by atoms with E-state index in [9.17, 15) is 20.1 Å². The maximum atomic E-state index is 12.0. The predicted octanol–water partition coefficient (Wildman–Crippen LogP) is 2.20. The molecule has 0 saturated carbocycles. The minimum absolute atomic E-state index is 0.0188. The number of carbonyl (C=O) groups excluding carboxylic acids is 1. The van der Waals surface area contributed by atoms with E-state index in [4.69, 9.17) is 0 Å². The fourth-order valence-electron chi connectivity index (χ4n) is 1.94. The zero-order valence-corrected chi connectivity index (χ0v) is 13.2. The van der Waals surface area contributed by atoms with Gasteiger partial charge in [-0.25, -0.2) is 0 Å². The van der Waals surface area contributed by atoms with Crippen molar-refractivity contribution < 1.29 is 14.4 Å². The van der Waals surface area contributed by atoms with Crippen molar-refractivity contribution in [3.8, 4) is 0 Å². The molecule has 0 unspecified atom stereocenters. The van der Waals surface area contributed by atoms with Crippen LogP contribution in [-0.2, 0) is 4.79 Å². The van der Waals surface area contributed by atoms with Gasteiger partial charge in [0.25, 0.3) is 10.7 Å². The number of carbonyl (C=O) groups is 1. The lowest BCUT2D eigenvalue weighted by atomic mass is 10.1. The number of rotatable bonds is 6. The normalized spacial score (nSPS) is 11.7. The highest BCUT2D eigenvalue weighted by Crippen LogP contribution is 2.19. The van der Waals surface area contributed by atoms with Crippen molar-refractivity contribution in [2.45, 2.75) is 18.0 Å². The molecule has 120 valence electrons. The van der Waals surface area contributed by atoms with Crippen LogP contribution in [0.3, 0.4) is 0 Å². The van der Waals surface area contributed by atoms with Gasteiger partial charge in [-0.3, -0.25) is 14.9 Å². The molecule has 23 heavy (non-hydrogen) atoms. The number of hydrogen-bond acceptors (Lipinski definition) is 5. The fraction of sp³-hybridized carbons (Fsp3) is 0.200. The molecular weight excluding hydrogens is 318 g/mol. The molecule has 0 aliphatic heterocycles. The van der Waals surface area contributed by atoms with Gasteiger partial charge < -0.3 is 10.5 Å². The number of nitrogens with one attached hydrogen (secondary N) is 1. The van der Waals surface area contributed by atoms with Crippen molar-refractivity contribution in [2.75, 3.05) is 5.75 Å².